The van der Waals surface area contributed by atoms with Crippen molar-refractivity contribution < 1.29 is 4.39 Å². The van der Waals surface area contributed by atoms with Crippen LogP contribution in [0.5, 0.6) is 0 Å². The topological polar surface area (TPSA) is 76.5 Å². The molecule has 0 bridgehead atoms. The lowest BCUT2D eigenvalue weighted by Crippen LogP contribution is -2.09. The molecule has 1 atom stereocenters. The molecule has 0 aliphatic carbocycles. The molecule has 6 heteroatoms. The molecule has 0 amide bonds. The van der Waals surface area contributed by atoms with E-state index < -0.39 is 0 Å². The first-order chi connectivity index (χ1) is 16.5. The van der Waals surface area contributed by atoms with E-state index in [4.69, 9.17) is 5.73 Å². The third-order valence-electron chi connectivity index (χ3n) is 4.95. The van der Waals surface area contributed by atoms with E-state index in [1.807, 2.05) is 51.1 Å². The monoisotopic (exact) mass is 457 g/mol. The Bertz CT molecular complexity index is 1170. The maximum absolute atomic E-state index is 14.2. The molecular weight excluding hydrogens is 425 g/mol. The smallest absolute Gasteiger partial charge is 0.131 e. The molecule has 2 N–H and O–H groups in total. The molecule has 0 spiro atoms. The molecule has 1 unspecified atom stereocenters. The standard InChI is InChI=1S/C18H13FN4.C8H13N.C2H6/c19-16-6-5-11(7-15(16)12-8-21-10-22-9-12)17-13-3-1-2-4-14(13)18(20)23-17;1-4-5-8(2)6-7-9-3;1-2/h1-10,17H,(H2,20,23);5-7H,3-4H2,1-2H3;1-2H3/b;7-6-,8-5-;. The molecule has 0 fully saturated rings. The van der Waals surface area contributed by atoms with Crippen LogP contribution in [0, 0.1) is 5.82 Å². The van der Waals surface area contributed by atoms with Crippen molar-refractivity contribution in [2.24, 2.45) is 15.7 Å². The van der Waals surface area contributed by atoms with Crippen molar-refractivity contribution in [2.75, 3.05) is 0 Å². The van der Waals surface area contributed by atoms with Gasteiger partial charge in [-0.05, 0) is 49.4 Å². The number of aromatic nitrogens is 2. The van der Waals surface area contributed by atoms with Crippen molar-refractivity contribution in [1.29, 1.82) is 0 Å². The summed E-state index contributed by atoms with van der Waals surface area (Å²) in [6, 6.07) is 12.6. The van der Waals surface area contributed by atoms with Crippen LogP contribution in [0.3, 0.4) is 0 Å². The fourth-order valence-corrected chi connectivity index (χ4v) is 3.43. The average Bonchev–Trinajstić information content (AvgIpc) is 3.22. The summed E-state index contributed by atoms with van der Waals surface area (Å²) in [5.74, 6) is 0.200. The molecule has 0 saturated carbocycles. The van der Waals surface area contributed by atoms with E-state index in [-0.39, 0.29) is 11.9 Å². The molecule has 1 aliphatic heterocycles. The van der Waals surface area contributed by atoms with Crippen LogP contribution in [-0.4, -0.2) is 22.5 Å². The Balaban J connectivity index is 0.000000317. The second-order valence-electron chi connectivity index (χ2n) is 7.23. The molecule has 3 aromatic rings. The van der Waals surface area contributed by atoms with Crippen LogP contribution < -0.4 is 5.73 Å². The minimum Gasteiger partial charge on any atom is -0.383 e. The molecule has 5 nitrogen and oxygen atoms in total. The molecule has 2 aromatic carbocycles. The van der Waals surface area contributed by atoms with Crippen LogP contribution in [0.2, 0.25) is 0 Å². The van der Waals surface area contributed by atoms with E-state index in [1.165, 1.54) is 18.0 Å². The van der Waals surface area contributed by atoms with E-state index >= 15 is 0 Å². The van der Waals surface area contributed by atoms with Gasteiger partial charge in [0.25, 0.3) is 0 Å². The fourth-order valence-electron chi connectivity index (χ4n) is 3.43. The van der Waals surface area contributed by atoms with Crippen molar-refractivity contribution in [3.8, 4) is 11.1 Å². The van der Waals surface area contributed by atoms with E-state index in [0.29, 0.717) is 17.0 Å². The molecule has 34 heavy (non-hydrogen) atoms. The number of aliphatic imine (C=N–C) groups is 2. The van der Waals surface area contributed by atoms with Gasteiger partial charge in [0.1, 0.15) is 24.0 Å². The second kappa shape index (κ2) is 13.6. The lowest BCUT2D eigenvalue weighted by molar-refractivity contribution is 0.630. The number of rotatable bonds is 5. The third-order valence-corrected chi connectivity index (χ3v) is 4.95. The number of nitrogens with two attached hydrogens (primary N) is 1. The first kappa shape index (κ1) is 26.3. The predicted molar refractivity (Wildman–Crippen MR) is 141 cm³/mol. The fraction of sp³-hybridized carbons (Fsp3) is 0.214. The average molecular weight is 458 g/mol. The van der Waals surface area contributed by atoms with Gasteiger partial charge in [-0.15, -0.1) is 0 Å². The molecule has 1 aromatic heterocycles. The van der Waals surface area contributed by atoms with Crippen molar-refractivity contribution in [3.63, 3.8) is 0 Å². The Hall–Kier alpha value is -3.93. The molecule has 4 rings (SSSR count). The van der Waals surface area contributed by atoms with Gasteiger partial charge in [0, 0.05) is 35.3 Å². The van der Waals surface area contributed by atoms with Crippen LogP contribution >= 0.6 is 0 Å². The van der Waals surface area contributed by atoms with Crippen molar-refractivity contribution in [1.82, 2.24) is 9.97 Å². The quantitative estimate of drug-likeness (QED) is 0.343. The Morgan fingerprint density at radius 2 is 1.82 bits per heavy atom. The number of hydrogen-bond acceptors (Lipinski definition) is 5. The summed E-state index contributed by atoms with van der Waals surface area (Å²) in [6.45, 7) is 11.5. The summed E-state index contributed by atoms with van der Waals surface area (Å²) in [5, 5.41) is 0. The van der Waals surface area contributed by atoms with Gasteiger partial charge in [-0.3, -0.25) is 9.98 Å². The third kappa shape index (κ3) is 6.78. The van der Waals surface area contributed by atoms with E-state index in [0.717, 1.165) is 23.1 Å². The molecule has 0 radical (unpaired) electrons. The highest BCUT2D eigenvalue weighted by molar-refractivity contribution is 6.01. The van der Waals surface area contributed by atoms with Crippen molar-refractivity contribution >= 4 is 12.6 Å². The molecule has 176 valence electrons. The lowest BCUT2D eigenvalue weighted by atomic mass is 9.95. The van der Waals surface area contributed by atoms with Gasteiger partial charge < -0.3 is 5.73 Å². The van der Waals surface area contributed by atoms with Crippen LogP contribution in [0.25, 0.3) is 11.1 Å². The van der Waals surface area contributed by atoms with Gasteiger partial charge >= 0.3 is 0 Å². The summed E-state index contributed by atoms with van der Waals surface area (Å²) in [7, 11) is 0. The zero-order valence-corrected chi connectivity index (χ0v) is 20.2. The van der Waals surface area contributed by atoms with Crippen LogP contribution in [0.15, 0.2) is 95.1 Å². The molecular formula is C28H32FN5. The Morgan fingerprint density at radius 1 is 1.12 bits per heavy atom. The Morgan fingerprint density at radius 3 is 2.50 bits per heavy atom. The number of nitrogens with zero attached hydrogens (tertiary/aromatic N) is 4. The number of amidine groups is 1. The van der Waals surface area contributed by atoms with Crippen LogP contribution in [-0.2, 0) is 0 Å². The Labute approximate surface area is 201 Å². The maximum atomic E-state index is 14.2. The van der Waals surface area contributed by atoms with Crippen molar-refractivity contribution in [3.05, 3.63) is 108 Å². The lowest BCUT2D eigenvalue weighted by Gasteiger charge is -2.12. The first-order valence-electron chi connectivity index (χ1n) is 11.3. The summed E-state index contributed by atoms with van der Waals surface area (Å²) in [4.78, 5) is 16.0. The van der Waals surface area contributed by atoms with Gasteiger partial charge in [0.2, 0.25) is 0 Å². The number of benzene rings is 2. The van der Waals surface area contributed by atoms with Crippen molar-refractivity contribution in [2.45, 2.75) is 40.2 Å². The number of allylic oxidation sites excluding steroid dienone is 3. The predicted octanol–water partition coefficient (Wildman–Crippen LogP) is 6.67. The first-order valence-corrected chi connectivity index (χ1v) is 11.3. The molecule has 1 aliphatic rings. The summed E-state index contributed by atoms with van der Waals surface area (Å²) in [6.07, 6.45) is 11.5. The van der Waals surface area contributed by atoms with Gasteiger partial charge in [-0.25, -0.2) is 14.4 Å². The molecule has 2 heterocycles. The van der Waals surface area contributed by atoms with E-state index in [2.05, 4.69) is 39.7 Å². The van der Waals surface area contributed by atoms with E-state index in [9.17, 15) is 4.39 Å². The summed E-state index contributed by atoms with van der Waals surface area (Å²) in [5.41, 5.74) is 11.2. The summed E-state index contributed by atoms with van der Waals surface area (Å²) < 4.78 is 14.2. The SMILES string of the molecule is C=N/C=C\C(C)=C/CC.CC.NC1=NC(c2ccc(F)c(-c3cncnc3)c2)c2ccccc21. The van der Waals surface area contributed by atoms with Gasteiger partial charge in [0.05, 0.1) is 0 Å². The second-order valence-corrected chi connectivity index (χ2v) is 7.23. The minimum absolute atomic E-state index is 0.213. The van der Waals surface area contributed by atoms with Gasteiger partial charge in [-0.2, -0.15) is 0 Å². The maximum Gasteiger partial charge on any atom is 0.131 e. The van der Waals surface area contributed by atoms with Crippen LogP contribution in [0.1, 0.15) is 56.8 Å². The molecule has 0 saturated heterocycles. The van der Waals surface area contributed by atoms with Gasteiger partial charge in [-0.1, -0.05) is 62.8 Å². The zero-order valence-electron chi connectivity index (χ0n) is 20.2. The normalized spacial score (nSPS) is 14.3. The van der Waals surface area contributed by atoms with Gasteiger partial charge in [0.15, 0.2) is 0 Å². The highest BCUT2D eigenvalue weighted by atomic mass is 19.1. The van der Waals surface area contributed by atoms with Crippen LogP contribution in [0.4, 0.5) is 4.39 Å². The minimum atomic E-state index is -0.313. The Kier molecular flexibility index (Phi) is 10.5. The highest BCUT2D eigenvalue weighted by Crippen LogP contribution is 2.36. The largest absolute Gasteiger partial charge is 0.383 e. The number of hydrogen-bond donors (Lipinski definition) is 1. The van der Waals surface area contributed by atoms with E-state index in [1.54, 1.807) is 30.7 Å². The number of fused-ring (bicyclic) bond motifs is 1. The summed E-state index contributed by atoms with van der Waals surface area (Å²) >= 11 is 0. The highest BCUT2D eigenvalue weighted by Gasteiger charge is 2.25. The number of halogens is 1. The zero-order chi connectivity index (χ0) is 24.9.